The van der Waals surface area contributed by atoms with Gasteiger partial charge in [-0.05, 0) is 30.7 Å². The number of hydrogen-bond donors (Lipinski definition) is 1. The van der Waals surface area contributed by atoms with Crippen molar-refractivity contribution < 1.29 is 0 Å². The minimum absolute atomic E-state index is 0.621. The van der Waals surface area contributed by atoms with Gasteiger partial charge in [-0.15, -0.1) is 0 Å². The Balaban J connectivity index is 2.17. The van der Waals surface area contributed by atoms with Crippen molar-refractivity contribution in [1.82, 2.24) is 10.3 Å². The fraction of sp³-hybridized carbons (Fsp3) is 0.300. The maximum Gasteiger partial charge on any atom is 0.0431 e. The van der Waals surface area contributed by atoms with Gasteiger partial charge in [0, 0.05) is 29.5 Å². The summed E-state index contributed by atoms with van der Waals surface area (Å²) in [5.74, 6) is 0. The molecule has 0 spiro atoms. The van der Waals surface area contributed by atoms with Crippen LogP contribution < -0.4 is 5.32 Å². The summed E-state index contributed by atoms with van der Waals surface area (Å²) in [7, 11) is 0. The van der Waals surface area contributed by atoms with Crippen molar-refractivity contribution in [3.8, 4) is 0 Å². The van der Waals surface area contributed by atoms with Crippen LogP contribution in [0.4, 0.5) is 0 Å². The Morgan fingerprint density at radius 1 is 1.43 bits per heavy atom. The number of aromatic nitrogens is 1. The van der Waals surface area contributed by atoms with Gasteiger partial charge in [0.05, 0.1) is 0 Å². The first-order valence-corrected chi connectivity index (χ1v) is 5.18. The van der Waals surface area contributed by atoms with Gasteiger partial charge in [0.2, 0.25) is 0 Å². The zero-order valence-corrected chi connectivity index (χ0v) is 9.22. The Labute approximate surface area is 93.9 Å². The monoisotopic (exact) mass is 230 g/mol. The maximum atomic E-state index is 5.70. The highest BCUT2D eigenvalue weighted by Gasteiger charge is 1.93. The number of halogens is 2. The lowest BCUT2D eigenvalue weighted by Crippen LogP contribution is -2.18. The molecule has 0 aliphatic rings. The predicted molar refractivity (Wildman–Crippen MR) is 60.6 cm³/mol. The van der Waals surface area contributed by atoms with Crippen molar-refractivity contribution >= 4 is 23.2 Å². The van der Waals surface area contributed by atoms with E-state index in [2.05, 4.69) is 10.3 Å². The van der Waals surface area contributed by atoms with Crippen molar-refractivity contribution in [2.75, 3.05) is 13.1 Å². The molecule has 76 valence electrons. The standard InChI is InChI=1S/C10H12Cl2N2/c11-7-10(12)8-14-6-3-9-1-4-13-5-2-9/h1-2,4-5,7,14H,3,6,8H2. The first kappa shape index (κ1) is 11.5. The minimum Gasteiger partial charge on any atom is -0.311 e. The molecule has 0 atom stereocenters. The largest absolute Gasteiger partial charge is 0.311 e. The van der Waals surface area contributed by atoms with E-state index in [9.17, 15) is 0 Å². The molecule has 1 rings (SSSR count). The van der Waals surface area contributed by atoms with Crippen LogP contribution in [0.3, 0.4) is 0 Å². The second-order valence-electron chi connectivity index (χ2n) is 2.84. The number of hydrogen-bond acceptors (Lipinski definition) is 2. The van der Waals surface area contributed by atoms with Crippen molar-refractivity contribution in [1.29, 1.82) is 0 Å². The Morgan fingerprint density at radius 2 is 2.14 bits per heavy atom. The maximum absolute atomic E-state index is 5.70. The van der Waals surface area contributed by atoms with Gasteiger partial charge in [-0.25, -0.2) is 0 Å². The minimum atomic E-state index is 0.621. The van der Waals surface area contributed by atoms with Gasteiger partial charge in [-0.1, -0.05) is 23.2 Å². The molecule has 0 unspecified atom stereocenters. The number of pyridine rings is 1. The molecule has 0 aliphatic heterocycles. The van der Waals surface area contributed by atoms with E-state index in [1.807, 2.05) is 12.1 Å². The molecular formula is C10H12Cl2N2. The molecule has 0 bridgehead atoms. The third-order valence-corrected chi connectivity index (χ3v) is 2.37. The first-order valence-electron chi connectivity index (χ1n) is 4.37. The number of nitrogens with zero attached hydrogens (tertiary/aromatic N) is 1. The molecule has 0 aliphatic carbocycles. The third-order valence-electron chi connectivity index (χ3n) is 1.75. The SMILES string of the molecule is ClC=C(Cl)CNCCc1ccncc1. The number of nitrogens with one attached hydrogen (secondary N) is 1. The lowest BCUT2D eigenvalue weighted by molar-refractivity contribution is 0.739. The van der Waals surface area contributed by atoms with E-state index in [0.29, 0.717) is 11.6 Å². The molecule has 0 saturated carbocycles. The van der Waals surface area contributed by atoms with Gasteiger partial charge in [0.1, 0.15) is 0 Å². The molecule has 0 amide bonds. The summed E-state index contributed by atoms with van der Waals surface area (Å²) in [6, 6.07) is 4.00. The second-order valence-corrected chi connectivity index (χ2v) is 3.54. The van der Waals surface area contributed by atoms with Crippen LogP contribution >= 0.6 is 23.2 Å². The zero-order chi connectivity index (χ0) is 10.2. The highest BCUT2D eigenvalue weighted by Crippen LogP contribution is 2.01. The summed E-state index contributed by atoms with van der Waals surface area (Å²) in [6.45, 7) is 1.50. The van der Waals surface area contributed by atoms with Gasteiger partial charge in [-0.3, -0.25) is 4.98 Å². The number of rotatable bonds is 5. The van der Waals surface area contributed by atoms with Crippen LogP contribution in [0.25, 0.3) is 0 Å². The van der Waals surface area contributed by atoms with Gasteiger partial charge < -0.3 is 5.32 Å². The molecule has 2 nitrogen and oxygen atoms in total. The van der Waals surface area contributed by atoms with Gasteiger partial charge in [0.25, 0.3) is 0 Å². The van der Waals surface area contributed by atoms with E-state index in [0.717, 1.165) is 13.0 Å². The van der Waals surface area contributed by atoms with Crippen molar-refractivity contribution in [3.63, 3.8) is 0 Å². The highest BCUT2D eigenvalue weighted by atomic mass is 35.5. The molecule has 4 heteroatoms. The molecule has 0 fully saturated rings. The molecule has 1 aromatic rings. The lowest BCUT2D eigenvalue weighted by Gasteiger charge is -2.02. The third kappa shape index (κ3) is 4.61. The van der Waals surface area contributed by atoms with E-state index in [4.69, 9.17) is 23.2 Å². The fourth-order valence-corrected chi connectivity index (χ4v) is 1.20. The van der Waals surface area contributed by atoms with Gasteiger partial charge >= 0.3 is 0 Å². The first-order chi connectivity index (χ1) is 6.83. The Hall–Kier alpha value is -0.570. The van der Waals surface area contributed by atoms with Crippen molar-refractivity contribution in [2.24, 2.45) is 0 Å². The Bertz CT molecular complexity index is 285. The molecule has 0 aromatic carbocycles. The summed E-state index contributed by atoms with van der Waals surface area (Å²) in [5, 5.41) is 3.81. The van der Waals surface area contributed by atoms with Gasteiger partial charge in [0.15, 0.2) is 0 Å². The fourth-order valence-electron chi connectivity index (χ4n) is 1.03. The molecule has 1 N–H and O–H groups in total. The smallest absolute Gasteiger partial charge is 0.0431 e. The topological polar surface area (TPSA) is 24.9 Å². The summed E-state index contributed by atoms with van der Waals surface area (Å²) in [6.07, 6.45) is 4.55. The molecule has 1 aromatic heterocycles. The normalized spacial score (nSPS) is 11.7. The molecule has 0 radical (unpaired) electrons. The van der Waals surface area contributed by atoms with Crippen LogP contribution in [-0.4, -0.2) is 18.1 Å². The van der Waals surface area contributed by atoms with Crippen LogP contribution in [0.5, 0.6) is 0 Å². The molecule has 0 saturated heterocycles. The van der Waals surface area contributed by atoms with E-state index >= 15 is 0 Å². The van der Waals surface area contributed by atoms with E-state index < -0.39 is 0 Å². The van der Waals surface area contributed by atoms with Crippen LogP contribution in [0, 0.1) is 0 Å². The van der Waals surface area contributed by atoms with E-state index in [1.54, 1.807) is 12.4 Å². The van der Waals surface area contributed by atoms with Crippen LogP contribution in [-0.2, 0) is 6.42 Å². The summed E-state index contributed by atoms with van der Waals surface area (Å²) in [4.78, 5) is 3.95. The summed E-state index contributed by atoms with van der Waals surface area (Å²) >= 11 is 11.1. The van der Waals surface area contributed by atoms with Crippen LogP contribution in [0.15, 0.2) is 35.1 Å². The quantitative estimate of drug-likeness (QED) is 0.787. The molecule has 14 heavy (non-hydrogen) atoms. The average Bonchev–Trinajstić information content (AvgIpc) is 2.25. The lowest BCUT2D eigenvalue weighted by atomic mass is 10.2. The average molecular weight is 231 g/mol. The zero-order valence-electron chi connectivity index (χ0n) is 7.71. The molecule has 1 heterocycles. The summed E-state index contributed by atoms with van der Waals surface area (Å²) < 4.78 is 0. The summed E-state index contributed by atoms with van der Waals surface area (Å²) in [5.41, 5.74) is 2.64. The predicted octanol–water partition coefficient (Wildman–Crippen LogP) is 2.53. The van der Waals surface area contributed by atoms with E-state index in [-0.39, 0.29) is 0 Å². The van der Waals surface area contributed by atoms with Gasteiger partial charge in [-0.2, -0.15) is 0 Å². The van der Waals surface area contributed by atoms with Crippen LogP contribution in [0.2, 0.25) is 0 Å². The second kappa shape index (κ2) is 6.82. The van der Waals surface area contributed by atoms with Crippen molar-refractivity contribution in [3.05, 3.63) is 40.7 Å². The molecular weight excluding hydrogens is 219 g/mol. The van der Waals surface area contributed by atoms with Crippen LogP contribution in [0.1, 0.15) is 5.56 Å². The Morgan fingerprint density at radius 3 is 2.79 bits per heavy atom. The highest BCUT2D eigenvalue weighted by molar-refractivity contribution is 6.36. The Kier molecular flexibility index (Phi) is 5.60. The van der Waals surface area contributed by atoms with Crippen molar-refractivity contribution in [2.45, 2.75) is 6.42 Å². The van der Waals surface area contributed by atoms with E-state index in [1.165, 1.54) is 11.1 Å².